The predicted octanol–water partition coefficient (Wildman–Crippen LogP) is 2.48. The van der Waals surface area contributed by atoms with E-state index in [0.717, 1.165) is 5.57 Å². The second-order valence-corrected chi connectivity index (χ2v) is 7.47. The maximum Gasteiger partial charge on any atom is 0.410 e. The quantitative estimate of drug-likeness (QED) is 0.755. The summed E-state index contributed by atoms with van der Waals surface area (Å²) in [4.78, 5) is 14.2. The van der Waals surface area contributed by atoms with Gasteiger partial charge in [-0.1, -0.05) is 11.6 Å². The van der Waals surface area contributed by atoms with Gasteiger partial charge in [-0.3, -0.25) is 4.90 Å². The summed E-state index contributed by atoms with van der Waals surface area (Å²) >= 11 is 0. The molecular weight excluding hydrogens is 270 g/mol. The van der Waals surface area contributed by atoms with E-state index in [-0.39, 0.29) is 18.2 Å². The molecule has 0 aromatic carbocycles. The van der Waals surface area contributed by atoms with Crippen molar-refractivity contribution in [1.29, 1.82) is 0 Å². The zero-order valence-corrected chi connectivity index (χ0v) is 13.7. The summed E-state index contributed by atoms with van der Waals surface area (Å²) < 4.78 is 11.1. The van der Waals surface area contributed by atoms with Gasteiger partial charge >= 0.3 is 6.09 Å². The maximum atomic E-state index is 12.4. The van der Waals surface area contributed by atoms with Gasteiger partial charge in [0, 0.05) is 12.8 Å². The molecule has 2 aliphatic heterocycles. The minimum absolute atomic E-state index is 0.132. The summed E-state index contributed by atoms with van der Waals surface area (Å²) in [6.07, 6.45) is 2.59. The fraction of sp³-hybridized carbons (Fsp3) is 0.812. The van der Waals surface area contributed by atoms with Crippen LogP contribution in [-0.2, 0) is 9.47 Å². The predicted molar refractivity (Wildman–Crippen MR) is 80.1 cm³/mol. The van der Waals surface area contributed by atoms with Crippen LogP contribution >= 0.6 is 0 Å². The third-order valence-corrected chi connectivity index (χ3v) is 3.75. The molecule has 5 heteroatoms. The lowest BCUT2D eigenvalue weighted by Gasteiger charge is -2.50. The Morgan fingerprint density at radius 3 is 2.24 bits per heavy atom. The van der Waals surface area contributed by atoms with Gasteiger partial charge in [-0.05, 0) is 34.6 Å². The highest BCUT2D eigenvalue weighted by Gasteiger charge is 2.48. The Hall–Kier alpha value is -1.07. The molecule has 5 nitrogen and oxygen atoms in total. The normalized spacial score (nSPS) is 32.6. The summed E-state index contributed by atoms with van der Waals surface area (Å²) in [5.41, 5.74) is -0.279. The average molecular weight is 297 g/mol. The van der Waals surface area contributed by atoms with Crippen LogP contribution in [0.5, 0.6) is 0 Å². The molecule has 2 heterocycles. The topological polar surface area (TPSA) is 59.0 Å². The van der Waals surface area contributed by atoms with Crippen LogP contribution in [0, 0.1) is 0 Å². The van der Waals surface area contributed by atoms with E-state index in [2.05, 4.69) is 0 Å². The second kappa shape index (κ2) is 5.61. The van der Waals surface area contributed by atoms with Gasteiger partial charge < -0.3 is 14.6 Å². The Morgan fingerprint density at radius 1 is 1.29 bits per heavy atom. The Balaban J connectivity index is 2.17. The van der Waals surface area contributed by atoms with E-state index in [1.807, 2.05) is 40.7 Å². The van der Waals surface area contributed by atoms with E-state index >= 15 is 0 Å². The minimum atomic E-state index is -0.851. The van der Waals surface area contributed by atoms with Gasteiger partial charge in [-0.15, -0.1) is 0 Å². The molecule has 2 saturated heterocycles. The Morgan fingerprint density at radius 2 is 1.81 bits per heavy atom. The number of amides is 1. The van der Waals surface area contributed by atoms with Crippen molar-refractivity contribution in [2.24, 2.45) is 0 Å². The standard InChI is InChI=1S/C16H27NO4/c1-11(2)6-16(19)7-12-9-20-10-13(8-16)17(12)14(18)21-15(3,4)5/h6,12-13,19H,7-10H2,1-5H3. The van der Waals surface area contributed by atoms with E-state index in [0.29, 0.717) is 26.1 Å². The smallest absolute Gasteiger partial charge is 0.410 e. The van der Waals surface area contributed by atoms with Crippen LogP contribution in [0.25, 0.3) is 0 Å². The molecule has 0 aromatic rings. The lowest BCUT2D eigenvalue weighted by atomic mass is 9.80. The number of allylic oxidation sites excluding steroid dienone is 1. The lowest BCUT2D eigenvalue weighted by Crippen LogP contribution is -2.63. The number of morpholine rings is 1. The van der Waals surface area contributed by atoms with Crippen molar-refractivity contribution < 1.29 is 19.4 Å². The van der Waals surface area contributed by atoms with Crippen molar-refractivity contribution in [3.8, 4) is 0 Å². The van der Waals surface area contributed by atoms with Gasteiger partial charge in [-0.25, -0.2) is 4.79 Å². The fourth-order valence-corrected chi connectivity index (χ4v) is 3.28. The largest absolute Gasteiger partial charge is 0.444 e. The number of piperidine rings is 1. The van der Waals surface area contributed by atoms with E-state index in [4.69, 9.17) is 9.47 Å². The van der Waals surface area contributed by atoms with Gasteiger partial charge in [0.1, 0.15) is 5.60 Å². The van der Waals surface area contributed by atoms with Crippen molar-refractivity contribution >= 4 is 6.09 Å². The van der Waals surface area contributed by atoms with E-state index in [1.165, 1.54) is 0 Å². The zero-order chi connectivity index (χ0) is 15.8. The summed E-state index contributed by atoms with van der Waals surface area (Å²) in [6.45, 7) is 10.4. The number of hydrogen-bond donors (Lipinski definition) is 1. The van der Waals surface area contributed by atoms with Gasteiger partial charge in [0.2, 0.25) is 0 Å². The first-order chi connectivity index (χ1) is 9.60. The first kappa shape index (κ1) is 16.3. The Bertz CT molecular complexity index is 420. The highest BCUT2D eigenvalue weighted by molar-refractivity contribution is 5.69. The number of fused-ring (bicyclic) bond motifs is 2. The number of ether oxygens (including phenoxy) is 2. The molecule has 2 unspecified atom stereocenters. The Kier molecular flexibility index (Phi) is 4.36. The van der Waals surface area contributed by atoms with Crippen LogP contribution in [0.2, 0.25) is 0 Å². The van der Waals surface area contributed by atoms with E-state index < -0.39 is 11.2 Å². The summed E-state index contributed by atoms with van der Waals surface area (Å²) in [5.74, 6) is 0. The lowest BCUT2D eigenvalue weighted by molar-refractivity contribution is -0.123. The van der Waals surface area contributed by atoms with Crippen LogP contribution in [0.1, 0.15) is 47.5 Å². The number of aliphatic hydroxyl groups is 1. The first-order valence-corrected chi connectivity index (χ1v) is 7.57. The molecule has 2 rings (SSSR count). The number of carbonyl (C=O) groups excluding carboxylic acids is 1. The van der Waals surface area contributed by atoms with E-state index in [9.17, 15) is 9.90 Å². The highest BCUT2D eigenvalue weighted by Crippen LogP contribution is 2.36. The second-order valence-electron chi connectivity index (χ2n) is 7.47. The molecule has 2 aliphatic rings. The molecule has 0 aromatic heterocycles. The first-order valence-electron chi connectivity index (χ1n) is 7.57. The summed E-state index contributed by atoms with van der Waals surface area (Å²) in [6, 6.07) is -0.263. The van der Waals surface area contributed by atoms with Crippen molar-refractivity contribution in [2.75, 3.05) is 13.2 Å². The zero-order valence-electron chi connectivity index (χ0n) is 13.7. The number of rotatable bonds is 1. The van der Waals surface area contributed by atoms with Crippen molar-refractivity contribution in [1.82, 2.24) is 4.90 Å². The number of carbonyl (C=O) groups is 1. The fourth-order valence-electron chi connectivity index (χ4n) is 3.28. The van der Waals surface area contributed by atoms with Crippen LogP contribution in [0.3, 0.4) is 0 Å². The van der Waals surface area contributed by atoms with Gasteiger partial charge in [0.15, 0.2) is 0 Å². The van der Waals surface area contributed by atoms with Crippen molar-refractivity contribution in [3.05, 3.63) is 11.6 Å². The van der Waals surface area contributed by atoms with Crippen LogP contribution in [-0.4, -0.2) is 52.6 Å². The average Bonchev–Trinajstić information content (AvgIpc) is 2.22. The van der Waals surface area contributed by atoms with Crippen LogP contribution in [0.4, 0.5) is 4.79 Å². The van der Waals surface area contributed by atoms with Gasteiger partial charge in [-0.2, -0.15) is 0 Å². The molecule has 1 amide bonds. The molecule has 0 spiro atoms. The number of hydrogen-bond acceptors (Lipinski definition) is 4. The summed E-state index contributed by atoms with van der Waals surface area (Å²) in [7, 11) is 0. The van der Waals surface area contributed by atoms with Crippen molar-refractivity contribution in [2.45, 2.75) is 70.7 Å². The molecule has 21 heavy (non-hydrogen) atoms. The monoisotopic (exact) mass is 297 g/mol. The van der Waals surface area contributed by atoms with E-state index in [1.54, 1.807) is 4.90 Å². The SMILES string of the molecule is CC(C)=CC1(O)CC2COCC(C1)N2C(=O)OC(C)(C)C. The molecular formula is C16H27NO4. The molecule has 1 N–H and O–H groups in total. The molecule has 2 fully saturated rings. The molecule has 2 bridgehead atoms. The van der Waals surface area contributed by atoms with Crippen LogP contribution < -0.4 is 0 Å². The minimum Gasteiger partial charge on any atom is -0.444 e. The highest BCUT2D eigenvalue weighted by atomic mass is 16.6. The molecule has 120 valence electrons. The maximum absolute atomic E-state index is 12.4. The van der Waals surface area contributed by atoms with Gasteiger partial charge in [0.25, 0.3) is 0 Å². The molecule has 2 atom stereocenters. The molecule has 0 saturated carbocycles. The van der Waals surface area contributed by atoms with Crippen molar-refractivity contribution in [3.63, 3.8) is 0 Å². The third-order valence-electron chi connectivity index (χ3n) is 3.75. The Labute approximate surface area is 126 Å². The summed E-state index contributed by atoms with van der Waals surface area (Å²) in [5, 5.41) is 10.8. The van der Waals surface area contributed by atoms with Crippen LogP contribution in [0.15, 0.2) is 11.6 Å². The molecule has 0 aliphatic carbocycles. The van der Waals surface area contributed by atoms with Gasteiger partial charge in [0.05, 0.1) is 30.9 Å². The third kappa shape index (κ3) is 3.98. The number of nitrogens with zero attached hydrogens (tertiary/aromatic N) is 1. The molecule has 0 radical (unpaired) electrons.